The van der Waals surface area contributed by atoms with E-state index in [4.69, 9.17) is 11.6 Å². The highest BCUT2D eigenvalue weighted by Crippen LogP contribution is 2.21. The third-order valence-corrected chi connectivity index (χ3v) is 2.96. The van der Waals surface area contributed by atoms with Gasteiger partial charge in [0.15, 0.2) is 0 Å². The van der Waals surface area contributed by atoms with Gasteiger partial charge in [0.1, 0.15) is 6.04 Å². The standard InChI is InChI=1S/C6H8BrClN2O2/c1-2(4(7)8)3-5(11)10-6(12)9-3/h2-4H,1H3,(H2,9,10,11,12). The molecule has 68 valence electrons. The van der Waals surface area contributed by atoms with Crippen LogP contribution < -0.4 is 10.6 Å². The largest absolute Gasteiger partial charge is 0.326 e. The van der Waals surface area contributed by atoms with Crippen molar-refractivity contribution in [3.8, 4) is 0 Å². The van der Waals surface area contributed by atoms with Gasteiger partial charge in [0.05, 0.1) is 4.29 Å². The molecule has 1 rings (SSSR count). The zero-order chi connectivity index (χ0) is 9.30. The van der Waals surface area contributed by atoms with Crippen molar-refractivity contribution in [1.82, 2.24) is 10.6 Å². The first-order valence-corrected chi connectivity index (χ1v) is 4.77. The van der Waals surface area contributed by atoms with E-state index in [1.54, 1.807) is 6.92 Å². The van der Waals surface area contributed by atoms with Gasteiger partial charge in [-0.1, -0.05) is 22.9 Å². The first kappa shape index (κ1) is 9.80. The zero-order valence-electron chi connectivity index (χ0n) is 6.30. The van der Waals surface area contributed by atoms with Crippen LogP contribution in [0.1, 0.15) is 6.92 Å². The minimum atomic E-state index is -0.528. The molecule has 0 radical (unpaired) electrons. The van der Waals surface area contributed by atoms with Crippen LogP contribution in [0.25, 0.3) is 0 Å². The number of alkyl halides is 2. The van der Waals surface area contributed by atoms with Crippen molar-refractivity contribution < 1.29 is 9.59 Å². The topological polar surface area (TPSA) is 58.2 Å². The van der Waals surface area contributed by atoms with Crippen LogP contribution in [0.5, 0.6) is 0 Å². The van der Waals surface area contributed by atoms with Crippen LogP contribution in [0.15, 0.2) is 0 Å². The SMILES string of the molecule is CC(C(Cl)Br)C1NC(=O)NC1=O. The van der Waals surface area contributed by atoms with Crippen LogP contribution in [0, 0.1) is 5.92 Å². The van der Waals surface area contributed by atoms with E-state index >= 15 is 0 Å². The van der Waals surface area contributed by atoms with Gasteiger partial charge >= 0.3 is 6.03 Å². The minimum Gasteiger partial charge on any atom is -0.326 e. The Hall–Kier alpha value is -0.290. The van der Waals surface area contributed by atoms with E-state index in [2.05, 4.69) is 26.6 Å². The number of urea groups is 1. The molecule has 0 aromatic heterocycles. The first-order chi connectivity index (χ1) is 5.52. The molecule has 3 atom stereocenters. The molecule has 3 unspecified atom stereocenters. The van der Waals surface area contributed by atoms with Gasteiger partial charge in [-0.25, -0.2) is 4.79 Å². The third-order valence-electron chi connectivity index (χ3n) is 1.73. The molecule has 0 bridgehead atoms. The van der Waals surface area contributed by atoms with Crippen molar-refractivity contribution in [1.29, 1.82) is 0 Å². The summed E-state index contributed by atoms with van der Waals surface area (Å²) in [5, 5.41) is 4.60. The molecule has 2 N–H and O–H groups in total. The number of imide groups is 1. The fourth-order valence-electron chi connectivity index (χ4n) is 0.948. The highest BCUT2D eigenvalue weighted by Gasteiger charge is 2.36. The second-order valence-electron chi connectivity index (χ2n) is 2.63. The fourth-order valence-corrected chi connectivity index (χ4v) is 1.40. The van der Waals surface area contributed by atoms with Crippen LogP contribution in [0.2, 0.25) is 0 Å². The van der Waals surface area contributed by atoms with Gasteiger partial charge in [-0.2, -0.15) is 0 Å². The Balaban J connectivity index is 2.64. The Morgan fingerprint density at radius 1 is 1.58 bits per heavy atom. The number of carbonyl (C=O) groups is 2. The van der Waals surface area contributed by atoms with E-state index in [1.165, 1.54) is 0 Å². The number of hydrogen-bond acceptors (Lipinski definition) is 2. The summed E-state index contributed by atoms with van der Waals surface area (Å²) in [4.78, 5) is 21.7. The lowest BCUT2D eigenvalue weighted by molar-refractivity contribution is -0.121. The van der Waals surface area contributed by atoms with Crippen molar-refractivity contribution in [3.63, 3.8) is 0 Å². The smallest absolute Gasteiger partial charge is 0.322 e. The summed E-state index contributed by atoms with van der Waals surface area (Å²) < 4.78 is -0.327. The van der Waals surface area contributed by atoms with E-state index in [0.717, 1.165) is 0 Å². The molecule has 0 aromatic rings. The maximum atomic E-state index is 11.1. The Bertz CT molecular complexity index is 222. The second-order valence-corrected chi connectivity index (χ2v) is 4.62. The monoisotopic (exact) mass is 254 g/mol. The highest BCUT2D eigenvalue weighted by atomic mass is 79.9. The molecule has 6 heteroatoms. The Morgan fingerprint density at radius 3 is 2.50 bits per heavy atom. The van der Waals surface area contributed by atoms with Gasteiger partial charge in [0.2, 0.25) is 0 Å². The van der Waals surface area contributed by atoms with E-state index in [1.807, 2.05) is 0 Å². The maximum absolute atomic E-state index is 11.1. The quantitative estimate of drug-likeness (QED) is 0.566. The molecule has 1 saturated heterocycles. The highest BCUT2D eigenvalue weighted by molar-refractivity contribution is 9.10. The molecule has 0 aliphatic carbocycles. The van der Waals surface area contributed by atoms with E-state index in [-0.39, 0.29) is 16.1 Å². The van der Waals surface area contributed by atoms with Crippen molar-refractivity contribution >= 4 is 39.5 Å². The summed E-state index contributed by atoms with van der Waals surface area (Å²) in [5.41, 5.74) is 0. The molecule has 1 aliphatic heterocycles. The molecule has 0 aromatic carbocycles. The van der Waals surface area contributed by atoms with Crippen LogP contribution in [0.4, 0.5) is 4.79 Å². The number of rotatable bonds is 2. The van der Waals surface area contributed by atoms with E-state index in [0.29, 0.717) is 0 Å². The lowest BCUT2D eigenvalue weighted by Gasteiger charge is -2.16. The predicted octanol–water partition coefficient (Wildman–Crippen LogP) is 0.790. The summed E-state index contributed by atoms with van der Waals surface area (Å²) in [6, 6.07) is -0.985. The Kier molecular flexibility index (Phi) is 2.95. The number of hydrogen-bond donors (Lipinski definition) is 2. The molecule has 0 saturated carbocycles. The first-order valence-electron chi connectivity index (χ1n) is 3.42. The van der Waals surface area contributed by atoms with Crippen LogP contribution >= 0.6 is 27.5 Å². The predicted molar refractivity (Wildman–Crippen MR) is 48.2 cm³/mol. The number of halogens is 2. The summed E-state index contributed by atoms with van der Waals surface area (Å²) in [5.74, 6) is -0.462. The summed E-state index contributed by atoms with van der Waals surface area (Å²) in [7, 11) is 0. The van der Waals surface area contributed by atoms with Gasteiger partial charge in [0.25, 0.3) is 5.91 Å². The third kappa shape index (κ3) is 1.90. The molecule has 12 heavy (non-hydrogen) atoms. The Morgan fingerprint density at radius 2 is 2.17 bits per heavy atom. The molecule has 4 nitrogen and oxygen atoms in total. The van der Waals surface area contributed by atoms with Crippen molar-refractivity contribution in [2.24, 2.45) is 5.92 Å². The van der Waals surface area contributed by atoms with Crippen molar-refractivity contribution in [2.45, 2.75) is 17.3 Å². The number of amides is 3. The van der Waals surface area contributed by atoms with E-state index in [9.17, 15) is 9.59 Å². The lowest BCUT2D eigenvalue weighted by atomic mass is 10.1. The van der Waals surface area contributed by atoms with Gasteiger partial charge in [-0.05, 0) is 0 Å². The molecule has 3 amide bonds. The maximum Gasteiger partial charge on any atom is 0.322 e. The zero-order valence-corrected chi connectivity index (χ0v) is 8.65. The Labute approximate surface area is 83.2 Å². The van der Waals surface area contributed by atoms with Crippen molar-refractivity contribution in [3.05, 3.63) is 0 Å². The van der Waals surface area contributed by atoms with E-state index < -0.39 is 12.1 Å². The summed E-state index contributed by atoms with van der Waals surface area (Å²) >= 11 is 8.84. The molecular weight excluding hydrogens is 247 g/mol. The van der Waals surface area contributed by atoms with Gasteiger partial charge in [-0.15, -0.1) is 11.6 Å². The van der Waals surface area contributed by atoms with Crippen molar-refractivity contribution in [2.75, 3.05) is 0 Å². The molecule has 1 fully saturated rings. The molecular formula is C6H8BrClN2O2. The minimum absolute atomic E-state index is 0.141. The van der Waals surface area contributed by atoms with Crippen LogP contribution in [0.3, 0.4) is 0 Å². The summed E-state index contributed by atoms with van der Waals surface area (Å²) in [6.07, 6.45) is 0. The normalized spacial score (nSPS) is 27.8. The fraction of sp³-hybridized carbons (Fsp3) is 0.667. The lowest BCUT2D eigenvalue weighted by Crippen LogP contribution is -2.38. The average Bonchev–Trinajstić information content (AvgIpc) is 2.28. The molecule has 0 spiro atoms. The molecule has 1 heterocycles. The van der Waals surface area contributed by atoms with Crippen LogP contribution in [-0.4, -0.2) is 22.3 Å². The molecule has 1 aliphatic rings. The summed E-state index contributed by atoms with van der Waals surface area (Å²) in [6.45, 7) is 1.78. The van der Waals surface area contributed by atoms with Crippen LogP contribution in [-0.2, 0) is 4.79 Å². The second kappa shape index (κ2) is 3.62. The van der Waals surface area contributed by atoms with Gasteiger partial charge < -0.3 is 5.32 Å². The van der Waals surface area contributed by atoms with Gasteiger partial charge in [-0.3, -0.25) is 10.1 Å². The average molecular weight is 255 g/mol. The van der Waals surface area contributed by atoms with Gasteiger partial charge in [0, 0.05) is 5.92 Å². The number of nitrogens with one attached hydrogen (secondary N) is 2. The number of carbonyl (C=O) groups excluding carboxylic acids is 2.